The Kier molecular flexibility index (Phi) is 6.04. The number of hydrogen-bond donors (Lipinski definition) is 0. The summed E-state index contributed by atoms with van der Waals surface area (Å²) in [6, 6.07) is 0. The van der Waals surface area contributed by atoms with Crippen LogP contribution in [0.2, 0.25) is 0 Å². The Hall–Kier alpha value is -0.240. The standard InChI is InChI=1S/C16H32O6/c1-12(17-18-13(2,3)4)10-11-16(15(8,9)20-22-16)21-19-14(5,6)7/h12H,10-11H2,1-9H3. The SMILES string of the molecule is CC(CCC1(OOC(C)(C)C)OOC1(C)C)OOC(C)(C)C. The van der Waals surface area contributed by atoms with Crippen LogP contribution in [0.15, 0.2) is 0 Å². The van der Waals surface area contributed by atoms with Gasteiger partial charge in [-0.2, -0.15) is 9.78 Å². The molecule has 1 heterocycles. The molecule has 0 radical (unpaired) electrons. The maximum Gasteiger partial charge on any atom is 0.265 e. The van der Waals surface area contributed by atoms with E-state index in [0.29, 0.717) is 12.8 Å². The largest absolute Gasteiger partial charge is 0.265 e. The third-order valence-corrected chi connectivity index (χ3v) is 3.07. The lowest BCUT2D eigenvalue weighted by atomic mass is 9.90. The van der Waals surface area contributed by atoms with Crippen LogP contribution >= 0.6 is 0 Å². The maximum atomic E-state index is 5.60. The van der Waals surface area contributed by atoms with Crippen LogP contribution < -0.4 is 0 Å². The van der Waals surface area contributed by atoms with Crippen molar-refractivity contribution in [3.8, 4) is 0 Å². The second-order valence-corrected chi connectivity index (χ2v) is 8.35. The van der Waals surface area contributed by atoms with Gasteiger partial charge < -0.3 is 0 Å². The molecule has 0 N–H and O–H groups in total. The zero-order chi connectivity index (χ0) is 17.2. The normalized spacial score (nSPS) is 26.6. The van der Waals surface area contributed by atoms with Crippen LogP contribution in [0.3, 0.4) is 0 Å². The summed E-state index contributed by atoms with van der Waals surface area (Å²) in [6.07, 6.45) is 1.13. The van der Waals surface area contributed by atoms with Gasteiger partial charge in [-0.15, -0.1) is 0 Å². The van der Waals surface area contributed by atoms with Gasteiger partial charge in [0.25, 0.3) is 5.79 Å². The Morgan fingerprint density at radius 3 is 1.82 bits per heavy atom. The fourth-order valence-electron chi connectivity index (χ4n) is 1.66. The highest BCUT2D eigenvalue weighted by atomic mass is 17.4. The Balaban J connectivity index is 2.53. The Bertz CT molecular complexity index is 355. The predicted octanol–water partition coefficient (Wildman–Crippen LogP) is 4.09. The van der Waals surface area contributed by atoms with Gasteiger partial charge >= 0.3 is 0 Å². The minimum Gasteiger partial charge on any atom is -0.233 e. The predicted molar refractivity (Wildman–Crippen MR) is 81.5 cm³/mol. The Labute approximate surface area is 134 Å². The molecular formula is C16H32O6. The summed E-state index contributed by atoms with van der Waals surface area (Å²) in [5, 5.41) is 0. The molecule has 22 heavy (non-hydrogen) atoms. The van der Waals surface area contributed by atoms with E-state index in [-0.39, 0.29) is 11.7 Å². The third-order valence-electron chi connectivity index (χ3n) is 3.07. The zero-order valence-electron chi connectivity index (χ0n) is 15.4. The van der Waals surface area contributed by atoms with E-state index >= 15 is 0 Å². The van der Waals surface area contributed by atoms with Crippen molar-refractivity contribution in [1.82, 2.24) is 0 Å². The van der Waals surface area contributed by atoms with Crippen molar-refractivity contribution in [3.05, 3.63) is 0 Å². The molecule has 0 aromatic carbocycles. The first-order valence-electron chi connectivity index (χ1n) is 7.85. The smallest absolute Gasteiger partial charge is 0.233 e. The molecule has 6 heteroatoms. The highest BCUT2D eigenvalue weighted by Gasteiger charge is 2.61. The highest BCUT2D eigenvalue weighted by molar-refractivity contribution is 4.92. The fraction of sp³-hybridized carbons (Fsp3) is 1.00. The van der Waals surface area contributed by atoms with Gasteiger partial charge in [-0.3, -0.25) is 0 Å². The van der Waals surface area contributed by atoms with E-state index in [2.05, 4.69) is 0 Å². The lowest BCUT2D eigenvalue weighted by Gasteiger charge is -2.51. The van der Waals surface area contributed by atoms with Crippen LogP contribution in [0.5, 0.6) is 0 Å². The lowest BCUT2D eigenvalue weighted by Crippen LogP contribution is -2.65. The first-order chi connectivity index (χ1) is 9.77. The van der Waals surface area contributed by atoms with Crippen molar-refractivity contribution in [1.29, 1.82) is 0 Å². The van der Waals surface area contributed by atoms with E-state index in [9.17, 15) is 0 Å². The molecule has 1 saturated heterocycles. The van der Waals surface area contributed by atoms with Gasteiger partial charge in [-0.25, -0.2) is 19.6 Å². The monoisotopic (exact) mass is 320 g/mol. The van der Waals surface area contributed by atoms with E-state index in [1.807, 2.05) is 62.3 Å². The van der Waals surface area contributed by atoms with Gasteiger partial charge in [-0.1, -0.05) is 0 Å². The Morgan fingerprint density at radius 1 is 0.909 bits per heavy atom. The Morgan fingerprint density at radius 2 is 1.45 bits per heavy atom. The fourth-order valence-corrected chi connectivity index (χ4v) is 1.66. The zero-order valence-corrected chi connectivity index (χ0v) is 15.4. The van der Waals surface area contributed by atoms with E-state index in [1.165, 1.54) is 0 Å². The third kappa shape index (κ3) is 5.76. The molecule has 1 fully saturated rings. The van der Waals surface area contributed by atoms with Crippen molar-refractivity contribution in [2.24, 2.45) is 0 Å². The molecule has 0 saturated carbocycles. The molecule has 0 aromatic rings. The van der Waals surface area contributed by atoms with Crippen LogP contribution in [0.4, 0.5) is 0 Å². The van der Waals surface area contributed by atoms with E-state index in [1.54, 1.807) is 0 Å². The average molecular weight is 320 g/mol. The summed E-state index contributed by atoms with van der Waals surface area (Å²) in [7, 11) is 0. The highest BCUT2D eigenvalue weighted by Crippen LogP contribution is 2.45. The summed E-state index contributed by atoms with van der Waals surface area (Å²) in [5.74, 6) is -0.945. The second-order valence-electron chi connectivity index (χ2n) is 8.35. The van der Waals surface area contributed by atoms with Crippen LogP contribution in [-0.2, 0) is 29.3 Å². The lowest BCUT2D eigenvalue weighted by molar-refractivity contribution is -0.657. The van der Waals surface area contributed by atoms with Gasteiger partial charge in [0, 0.05) is 6.42 Å². The molecule has 132 valence electrons. The van der Waals surface area contributed by atoms with E-state index < -0.39 is 17.0 Å². The molecule has 0 bridgehead atoms. The van der Waals surface area contributed by atoms with Crippen LogP contribution in [0.25, 0.3) is 0 Å². The molecular weight excluding hydrogens is 288 g/mol. The van der Waals surface area contributed by atoms with Crippen molar-refractivity contribution in [3.63, 3.8) is 0 Å². The van der Waals surface area contributed by atoms with Crippen molar-refractivity contribution >= 4 is 0 Å². The molecule has 1 rings (SSSR count). The molecule has 1 aliphatic rings. The molecule has 2 atom stereocenters. The van der Waals surface area contributed by atoms with Crippen LogP contribution in [0, 0.1) is 0 Å². The van der Waals surface area contributed by atoms with E-state index in [4.69, 9.17) is 29.3 Å². The molecule has 0 aliphatic carbocycles. The molecule has 2 unspecified atom stereocenters. The van der Waals surface area contributed by atoms with Crippen LogP contribution in [0.1, 0.15) is 75.2 Å². The van der Waals surface area contributed by atoms with Gasteiger partial charge in [0.05, 0.1) is 17.3 Å². The van der Waals surface area contributed by atoms with Gasteiger partial charge in [0.2, 0.25) is 0 Å². The first kappa shape index (κ1) is 19.8. The minimum atomic E-state index is -0.945. The number of rotatable bonds is 7. The molecule has 1 aliphatic heterocycles. The topological polar surface area (TPSA) is 55.4 Å². The first-order valence-corrected chi connectivity index (χ1v) is 7.85. The molecule has 6 nitrogen and oxygen atoms in total. The summed E-state index contributed by atoms with van der Waals surface area (Å²) in [5.41, 5.74) is -1.37. The average Bonchev–Trinajstić information content (AvgIpc) is 2.33. The summed E-state index contributed by atoms with van der Waals surface area (Å²) < 4.78 is 0. The second kappa shape index (κ2) is 6.71. The van der Waals surface area contributed by atoms with Crippen molar-refractivity contribution < 1.29 is 29.3 Å². The summed E-state index contributed by atoms with van der Waals surface area (Å²) in [6.45, 7) is 17.3. The van der Waals surface area contributed by atoms with Gasteiger partial charge in [0.1, 0.15) is 0 Å². The number of hydrogen-bond acceptors (Lipinski definition) is 6. The minimum absolute atomic E-state index is 0.102. The summed E-state index contributed by atoms with van der Waals surface area (Å²) >= 11 is 0. The summed E-state index contributed by atoms with van der Waals surface area (Å²) in [4.78, 5) is 32.2. The van der Waals surface area contributed by atoms with Crippen molar-refractivity contribution in [2.75, 3.05) is 0 Å². The molecule has 0 spiro atoms. The molecule has 0 amide bonds. The van der Waals surface area contributed by atoms with Crippen LogP contribution in [-0.4, -0.2) is 28.7 Å². The quantitative estimate of drug-likeness (QED) is 0.520. The van der Waals surface area contributed by atoms with Gasteiger partial charge in [-0.05, 0) is 68.7 Å². The van der Waals surface area contributed by atoms with E-state index in [0.717, 1.165) is 0 Å². The maximum absolute atomic E-state index is 5.60. The molecule has 0 aromatic heterocycles. The van der Waals surface area contributed by atoms with Crippen molar-refractivity contribution in [2.45, 2.75) is 104 Å². The van der Waals surface area contributed by atoms with Gasteiger partial charge in [0.15, 0.2) is 5.60 Å².